The van der Waals surface area contributed by atoms with Gasteiger partial charge in [0.15, 0.2) is 0 Å². The van der Waals surface area contributed by atoms with Crippen LogP contribution in [0.25, 0.3) is 11.6 Å². The molecule has 2 nitrogen and oxygen atoms in total. The van der Waals surface area contributed by atoms with Crippen LogP contribution in [0, 0.1) is 0 Å². The molecule has 0 aliphatic rings. The first-order valence-electron chi connectivity index (χ1n) is 11.6. The number of hydrogen-bond acceptors (Lipinski definition) is 2. The van der Waals surface area contributed by atoms with Crippen molar-refractivity contribution in [3.63, 3.8) is 0 Å². The summed E-state index contributed by atoms with van der Waals surface area (Å²) in [4.78, 5) is 13.4. The fourth-order valence-corrected chi connectivity index (χ4v) is 4.18. The lowest BCUT2D eigenvalue weighted by Crippen LogP contribution is -2.09. The van der Waals surface area contributed by atoms with Gasteiger partial charge >= 0.3 is 0 Å². The van der Waals surface area contributed by atoms with Crippen LogP contribution in [-0.2, 0) is 0 Å². The molecule has 0 atom stereocenters. The maximum absolute atomic E-state index is 11.2. The highest BCUT2D eigenvalue weighted by Crippen LogP contribution is 2.36. The summed E-state index contributed by atoms with van der Waals surface area (Å²) in [6.07, 6.45) is 3.10. The monoisotopic (exact) mass is 451 g/mol. The van der Waals surface area contributed by atoms with Gasteiger partial charge in [0.25, 0.3) is 0 Å². The summed E-state index contributed by atoms with van der Waals surface area (Å²) in [6.45, 7) is 0. The number of carbonyl (C=O) groups is 1. The van der Waals surface area contributed by atoms with Gasteiger partial charge in [-0.05, 0) is 76.9 Å². The van der Waals surface area contributed by atoms with Gasteiger partial charge in [-0.25, -0.2) is 0 Å². The minimum atomic E-state index is 0.663. The van der Waals surface area contributed by atoms with Crippen LogP contribution in [0.3, 0.4) is 0 Å². The van der Waals surface area contributed by atoms with E-state index in [1.54, 1.807) is 0 Å². The Morgan fingerprint density at radius 2 is 0.914 bits per heavy atom. The van der Waals surface area contributed by atoms with Crippen LogP contribution >= 0.6 is 0 Å². The number of aldehydes is 1. The van der Waals surface area contributed by atoms with Gasteiger partial charge in [-0.2, -0.15) is 0 Å². The maximum atomic E-state index is 11.2. The highest BCUT2D eigenvalue weighted by atomic mass is 16.1. The highest BCUT2D eigenvalue weighted by molar-refractivity contribution is 5.92. The van der Waals surface area contributed by atoms with Crippen LogP contribution < -0.4 is 4.90 Å². The predicted molar refractivity (Wildman–Crippen MR) is 146 cm³/mol. The summed E-state index contributed by atoms with van der Waals surface area (Å²) in [5.74, 6) is 0. The fraction of sp³-hybridized carbons (Fsp3) is 0. The largest absolute Gasteiger partial charge is 0.311 e. The van der Waals surface area contributed by atoms with Crippen molar-refractivity contribution in [1.29, 1.82) is 0 Å². The smallest absolute Gasteiger partial charge is 0.150 e. The second-order valence-corrected chi connectivity index (χ2v) is 8.26. The molecule has 0 unspecified atom stereocenters. The molecule has 168 valence electrons. The number of hydrogen-bond donors (Lipinski definition) is 0. The Balaban J connectivity index is 1.57. The van der Waals surface area contributed by atoms with E-state index in [2.05, 4.69) is 95.9 Å². The van der Waals surface area contributed by atoms with Crippen molar-refractivity contribution >= 4 is 35.0 Å². The van der Waals surface area contributed by atoms with Crippen LogP contribution in [0.15, 0.2) is 140 Å². The van der Waals surface area contributed by atoms with E-state index in [0.717, 1.165) is 34.5 Å². The molecule has 2 heteroatoms. The van der Waals surface area contributed by atoms with Crippen LogP contribution in [0.1, 0.15) is 27.0 Å². The first kappa shape index (κ1) is 22.1. The highest BCUT2D eigenvalue weighted by Gasteiger charge is 2.13. The Bertz CT molecular complexity index is 1410. The lowest BCUT2D eigenvalue weighted by molar-refractivity contribution is 0.112. The van der Waals surface area contributed by atoms with E-state index in [0.29, 0.717) is 5.56 Å². The Hall–Kier alpha value is -4.69. The van der Waals surface area contributed by atoms with Crippen LogP contribution in [0.2, 0.25) is 0 Å². The average molecular weight is 452 g/mol. The third-order valence-corrected chi connectivity index (χ3v) is 5.93. The minimum Gasteiger partial charge on any atom is -0.311 e. The summed E-state index contributed by atoms with van der Waals surface area (Å²) < 4.78 is 0. The van der Waals surface area contributed by atoms with E-state index in [9.17, 15) is 4.79 Å². The van der Waals surface area contributed by atoms with Crippen molar-refractivity contribution in [2.24, 2.45) is 0 Å². The molecule has 35 heavy (non-hydrogen) atoms. The molecule has 5 aromatic carbocycles. The zero-order chi connectivity index (χ0) is 23.9. The number of nitrogens with zero attached hydrogens (tertiary/aromatic N) is 1. The molecule has 0 amide bonds. The summed E-state index contributed by atoms with van der Waals surface area (Å²) in [7, 11) is 0. The average Bonchev–Trinajstić information content (AvgIpc) is 2.94. The zero-order valence-corrected chi connectivity index (χ0v) is 19.3. The van der Waals surface area contributed by atoms with Gasteiger partial charge in [-0.1, -0.05) is 91.0 Å². The van der Waals surface area contributed by atoms with Gasteiger partial charge < -0.3 is 4.90 Å². The van der Waals surface area contributed by atoms with Crippen LogP contribution in [0.5, 0.6) is 0 Å². The van der Waals surface area contributed by atoms with Crippen molar-refractivity contribution in [2.45, 2.75) is 0 Å². The first-order chi connectivity index (χ1) is 17.3. The van der Waals surface area contributed by atoms with Crippen molar-refractivity contribution in [3.8, 4) is 0 Å². The quantitative estimate of drug-likeness (QED) is 0.182. The molecule has 0 bridgehead atoms. The van der Waals surface area contributed by atoms with Gasteiger partial charge in [0.2, 0.25) is 0 Å². The van der Waals surface area contributed by atoms with Crippen molar-refractivity contribution in [3.05, 3.63) is 162 Å². The lowest BCUT2D eigenvalue weighted by atomic mass is 9.95. The fourth-order valence-electron chi connectivity index (χ4n) is 4.18. The molecule has 0 radical (unpaired) electrons. The van der Waals surface area contributed by atoms with Gasteiger partial charge in [0.1, 0.15) is 6.29 Å². The van der Waals surface area contributed by atoms with Crippen molar-refractivity contribution < 1.29 is 4.79 Å². The van der Waals surface area contributed by atoms with E-state index < -0.39 is 0 Å². The topological polar surface area (TPSA) is 20.3 Å². The lowest BCUT2D eigenvalue weighted by Gasteiger charge is -2.26. The van der Waals surface area contributed by atoms with Gasteiger partial charge in [-0.3, -0.25) is 4.79 Å². The molecular weight excluding hydrogens is 426 g/mol. The molecule has 0 N–H and O–H groups in total. The van der Waals surface area contributed by atoms with E-state index in [1.165, 1.54) is 11.1 Å². The molecule has 0 aliphatic carbocycles. The molecule has 0 aliphatic heterocycles. The van der Waals surface area contributed by atoms with Crippen molar-refractivity contribution in [1.82, 2.24) is 0 Å². The van der Waals surface area contributed by atoms with Crippen molar-refractivity contribution in [2.75, 3.05) is 4.90 Å². The maximum Gasteiger partial charge on any atom is 0.150 e. The first-order valence-corrected chi connectivity index (χ1v) is 11.6. The number of benzene rings is 5. The van der Waals surface area contributed by atoms with Crippen LogP contribution in [0.4, 0.5) is 17.1 Å². The molecule has 5 rings (SSSR count). The summed E-state index contributed by atoms with van der Waals surface area (Å²) in [6, 6.07) is 47.5. The number of rotatable bonds is 7. The normalized spacial score (nSPS) is 11.1. The second kappa shape index (κ2) is 10.5. The number of anilines is 3. The Morgan fingerprint density at radius 3 is 1.49 bits per heavy atom. The molecule has 5 aromatic rings. The predicted octanol–water partition coefficient (Wildman–Crippen LogP) is 8.56. The second-order valence-electron chi connectivity index (χ2n) is 8.26. The van der Waals surface area contributed by atoms with E-state index in [1.807, 2.05) is 54.6 Å². The van der Waals surface area contributed by atoms with E-state index in [4.69, 9.17) is 0 Å². The molecule has 0 fully saturated rings. The SMILES string of the molecule is O=Cc1ccc(N(c2ccccc2)c2ccc(C(=Cc3ccccc3)c3ccccc3)cc2)cc1. The third-order valence-electron chi connectivity index (χ3n) is 5.93. The van der Waals surface area contributed by atoms with Gasteiger partial charge in [0.05, 0.1) is 0 Å². The molecular formula is C33H25NO. The molecule has 0 aromatic heterocycles. The van der Waals surface area contributed by atoms with E-state index in [-0.39, 0.29) is 0 Å². The molecule has 0 saturated heterocycles. The van der Waals surface area contributed by atoms with Gasteiger partial charge in [-0.15, -0.1) is 0 Å². The number of para-hydroxylation sites is 1. The zero-order valence-electron chi connectivity index (χ0n) is 19.3. The third kappa shape index (κ3) is 5.13. The number of carbonyl (C=O) groups excluding carboxylic acids is 1. The summed E-state index contributed by atoms with van der Waals surface area (Å²) in [5, 5.41) is 0. The Morgan fingerprint density at radius 1 is 0.457 bits per heavy atom. The van der Waals surface area contributed by atoms with Gasteiger partial charge in [0, 0.05) is 22.6 Å². The van der Waals surface area contributed by atoms with E-state index >= 15 is 0 Å². The Labute approximate surface area is 206 Å². The van der Waals surface area contributed by atoms with Crippen LogP contribution in [-0.4, -0.2) is 6.29 Å². The standard InChI is InChI=1S/C33H25NO/c35-25-27-16-20-31(21-17-27)34(30-14-8-3-9-15-30)32-22-18-29(19-23-32)33(28-12-6-2-7-13-28)24-26-10-4-1-5-11-26/h1-25H. The Kier molecular flexibility index (Phi) is 6.63. The summed E-state index contributed by atoms with van der Waals surface area (Å²) >= 11 is 0. The molecule has 0 saturated carbocycles. The molecule has 0 spiro atoms. The molecule has 0 heterocycles. The minimum absolute atomic E-state index is 0.663. The summed E-state index contributed by atoms with van der Waals surface area (Å²) in [5.41, 5.74) is 8.42.